The number of aliphatic carboxylic acids is 1. The Morgan fingerprint density at radius 2 is 1.16 bits per heavy atom. The van der Waals surface area contributed by atoms with Crippen LogP contribution in [0, 0.1) is 0 Å². The average Bonchev–Trinajstić information content (AvgIpc) is 2.98. The van der Waals surface area contributed by atoms with Crippen LogP contribution in [-0.2, 0) is 33.3 Å². The van der Waals surface area contributed by atoms with Crippen molar-refractivity contribution >= 4 is 11.9 Å². The van der Waals surface area contributed by atoms with E-state index in [1.54, 1.807) is 6.92 Å². The molecule has 2 heterocycles. The standard InChI is InChI=1S/C32H58O13/c1-5-7-9-11-13-15-21(17-23(33)34)43-24(35)18-22(16-14-12-10-8-6-2)44-32-30(28(39)26(37)20(4)42-32)45-31-29(40)27(38)25(36)19(3)41-31/h19-22,25-32,36-40H,5-18H2,1-4H3,(H,33,34)/t19-,20-,21?,22?,25-,26-,27+,28+,29+,30+,31-,32-/m0/s1. The molecule has 0 aliphatic carbocycles. The highest BCUT2D eigenvalue weighted by Gasteiger charge is 2.50. The highest BCUT2D eigenvalue weighted by molar-refractivity contribution is 5.72. The molecule has 2 unspecified atom stereocenters. The smallest absolute Gasteiger partial charge is 0.308 e. The number of aliphatic hydroxyl groups excluding tert-OH is 5. The van der Waals surface area contributed by atoms with E-state index in [4.69, 9.17) is 23.7 Å². The lowest BCUT2D eigenvalue weighted by atomic mass is 9.97. The molecule has 264 valence electrons. The first-order chi connectivity index (χ1) is 21.4. The minimum absolute atomic E-state index is 0.205. The molecule has 0 aromatic heterocycles. The van der Waals surface area contributed by atoms with Gasteiger partial charge >= 0.3 is 11.9 Å². The van der Waals surface area contributed by atoms with Gasteiger partial charge in [-0.1, -0.05) is 71.6 Å². The van der Waals surface area contributed by atoms with E-state index in [0.29, 0.717) is 12.8 Å². The average molecular weight is 651 g/mol. The van der Waals surface area contributed by atoms with Crippen LogP contribution in [0.25, 0.3) is 0 Å². The molecule has 2 aliphatic heterocycles. The second-order valence-electron chi connectivity index (χ2n) is 12.6. The first kappa shape index (κ1) is 39.8. The number of carboxylic acids is 1. The fourth-order valence-corrected chi connectivity index (χ4v) is 5.71. The molecule has 13 nitrogen and oxygen atoms in total. The van der Waals surface area contributed by atoms with Gasteiger partial charge in [0, 0.05) is 0 Å². The summed E-state index contributed by atoms with van der Waals surface area (Å²) in [5, 5.41) is 61.7. The van der Waals surface area contributed by atoms with Gasteiger partial charge in [-0.25, -0.2) is 0 Å². The lowest BCUT2D eigenvalue weighted by Crippen LogP contribution is -2.63. The van der Waals surface area contributed by atoms with E-state index < -0.39 is 85.6 Å². The highest BCUT2D eigenvalue weighted by Crippen LogP contribution is 2.31. The third-order valence-corrected chi connectivity index (χ3v) is 8.56. The number of ether oxygens (including phenoxy) is 5. The van der Waals surface area contributed by atoms with Gasteiger partial charge in [-0.3, -0.25) is 9.59 Å². The minimum Gasteiger partial charge on any atom is -0.481 e. The number of hydrogen-bond donors (Lipinski definition) is 6. The number of carbonyl (C=O) groups excluding carboxylic acids is 1. The molecular weight excluding hydrogens is 592 g/mol. The van der Waals surface area contributed by atoms with Crippen LogP contribution in [-0.4, -0.2) is 116 Å². The predicted octanol–water partition coefficient (Wildman–Crippen LogP) is 2.55. The summed E-state index contributed by atoms with van der Waals surface area (Å²) >= 11 is 0. The van der Waals surface area contributed by atoms with Crippen molar-refractivity contribution in [2.24, 2.45) is 0 Å². The Balaban J connectivity index is 2.16. The van der Waals surface area contributed by atoms with Crippen LogP contribution in [0.15, 0.2) is 0 Å². The summed E-state index contributed by atoms with van der Waals surface area (Å²) in [6.45, 7) is 7.24. The van der Waals surface area contributed by atoms with E-state index in [-0.39, 0.29) is 12.8 Å². The predicted molar refractivity (Wildman–Crippen MR) is 162 cm³/mol. The lowest BCUT2D eigenvalue weighted by Gasteiger charge is -2.46. The Morgan fingerprint density at radius 1 is 0.644 bits per heavy atom. The molecule has 2 rings (SSSR count). The summed E-state index contributed by atoms with van der Waals surface area (Å²) in [5.74, 6) is -1.67. The van der Waals surface area contributed by atoms with Crippen LogP contribution in [0.3, 0.4) is 0 Å². The molecule has 0 saturated carbocycles. The SMILES string of the molecule is CCCCCCCC(CC(=O)O)OC(=O)CC(CCCCCCC)O[C@@H]1O[C@@H](C)[C@H](O)[C@@H](O)[C@H]1O[C@@H]1O[C@@H](C)[C@H](O)[C@@H](O)[C@H]1O. The van der Waals surface area contributed by atoms with E-state index in [1.165, 1.54) is 6.92 Å². The molecule has 6 N–H and O–H groups in total. The van der Waals surface area contributed by atoms with E-state index in [2.05, 4.69) is 13.8 Å². The zero-order valence-electron chi connectivity index (χ0n) is 27.4. The minimum atomic E-state index is -1.67. The monoisotopic (exact) mass is 650 g/mol. The third kappa shape index (κ3) is 13.3. The van der Waals surface area contributed by atoms with Crippen LogP contribution in [0.5, 0.6) is 0 Å². The zero-order chi connectivity index (χ0) is 33.5. The van der Waals surface area contributed by atoms with E-state index >= 15 is 0 Å². The van der Waals surface area contributed by atoms with Gasteiger partial charge in [-0.15, -0.1) is 0 Å². The number of hydrogen-bond acceptors (Lipinski definition) is 12. The summed E-state index contributed by atoms with van der Waals surface area (Å²) in [6.07, 6.45) is -5.07. The third-order valence-electron chi connectivity index (χ3n) is 8.56. The molecule has 0 aromatic carbocycles. The lowest BCUT2D eigenvalue weighted by molar-refractivity contribution is -0.366. The Kier molecular flexibility index (Phi) is 18.3. The molecule has 0 aromatic rings. The van der Waals surface area contributed by atoms with Crippen molar-refractivity contribution < 1.29 is 63.9 Å². The van der Waals surface area contributed by atoms with Crippen molar-refractivity contribution in [1.29, 1.82) is 0 Å². The summed E-state index contributed by atoms with van der Waals surface area (Å²) in [6, 6.07) is 0. The summed E-state index contributed by atoms with van der Waals surface area (Å²) < 4.78 is 29.1. The van der Waals surface area contributed by atoms with Crippen molar-refractivity contribution in [3.05, 3.63) is 0 Å². The quantitative estimate of drug-likeness (QED) is 0.0782. The number of rotatable bonds is 21. The zero-order valence-corrected chi connectivity index (χ0v) is 27.4. The first-order valence-corrected chi connectivity index (χ1v) is 16.8. The molecule has 2 saturated heterocycles. The van der Waals surface area contributed by atoms with Gasteiger partial charge in [0.05, 0.1) is 31.2 Å². The van der Waals surface area contributed by atoms with Crippen LogP contribution >= 0.6 is 0 Å². The largest absolute Gasteiger partial charge is 0.481 e. The summed E-state index contributed by atoms with van der Waals surface area (Å²) in [4.78, 5) is 24.6. The Hall–Kier alpha value is -1.42. The number of carbonyl (C=O) groups is 2. The number of unbranched alkanes of at least 4 members (excludes halogenated alkanes) is 8. The molecular formula is C32H58O13. The van der Waals surface area contributed by atoms with Crippen LogP contribution < -0.4 is 0 Å². The van der Waals surface area contributed by atoms with Gasteiger partial charge in [-0.05, 0) is 33.1 Å². The van der Waals surface area contributed by atoms with Gasteiger partial charge in [0.2, 0.25) is 0 Å². The Bertz CT molecular complexity index is 844. The van der Waals surface area contributed by atoms with Crippen molar-refractivity contribution in [3.63, 3.8) is 0 Å². The van der Waals surface area contributed by atoms with Gasteiger partial charge < -0.3 is 54.3 Å². The van der Waals surface area contributed by atoms with Crippen molar-refractivity contribution in [2.75, 3.05) is 0 Å². The van der Waals surface area contributed by atoms with Gasteiger partial charge in [0.25, 0.3) is 0 Å². The van der Waals surface area contributed by atoms with Crippen LogP contribution in [0.4, 0.5) is 0 Å². The van der Waals surface area contributed by atoms with Crippen molar-refractivity contribution in [3.8, 4) is 0 Å². The maximum absolute atomic E-state index is 13.1. The highest BCUT2D eigenvalue weighted by atomic mass is 16.8. The molecule has 2 fully saturated rings. The van der Waals surface area contributed by atoms with Crippen LogP contribution in [0.2, 0.25) is 0 Å². The van der Waals surface area contributed by atoms with Crippen molar-refractivity contribution in [2.45, 2.75) is 191 Å². The van der Waals surface area contributed by atoms with Gasteiger partial charge in [0.15, 0.2) is 12.6 Å². The van der Waals surface area contributed by atoms with Crippen LogP contribution in [0.1, 0.15) is 118 Å². The van der Waals surface area contributed by atoms with E-state index in [1.807, 2.05) is 0 Å². The van der Waals surface area contributed by atoms with E-state index in [0.717, 1.165) is 64.2 Å². The Morgan fingerprint density at radius 3 is 1.71 bits per heavy atom. The topological polar surface area (TPSA) is 202 Å². The molecule has 0 bridgehead atoms. The fourth-order valence-electron chi connectivity index (χ4n) is 5.71. The van der Waals surface area contributed by atoms with Crippen molar-refractivity contribution in [1.82, 2.24) is 0 Å². The van der Waals surface area contributed by atoms with E-state index in [9.17, 15) is 40.2 Å². The molecule has 45 heavy (non-hydrogen) atoms. The molecule has 0 amide bonds. The number of aliphatic hydroxyl groups is 5. The Labute approximate surface area is 267 Å². The summed E-state index contributed by atoms with van der Waals surface area (Å²) in [5.41, 5.74) is 0. The number of esters is 1. The molecule has 13 heteroatoms. The summed E-state index contributed by atoms with van der Waals surface area (Å²) in [7, 11) is 0. The second-order valence-corrected chi connectivity index (χ2v) is 12.6. The molecule has 0 spiro atoms. The molecule has 2 aliphatic rings. The van der Waals surface area contributed by atoms with Gasteiger partial charge in [0.1, 0.15) is 42.7 Å². The maximum atomic E-state index is 13.1. The normalized spacial score (nSPS) is 33.4. The maximum Gasteiger partial charge on any atom is 0.308 e. The first-order valence-electron chi connectivity index (χ1n) is 16.8. The molecule has 12 atom stereocenters. The second kappa shape index (κ2) is 20.7. The fraction of sp³-hybridized carbons (Fsp3) is 0.938. The number of carboxylic acid groups (broad SMARTS) is 1. The molecule has 0 radical (unpaired) electrons. The van der Waals surface area contributed by atoms with Gasteiger partial charge in [-0.2, -0.15) is 0 Å².